The van der Waals surface area contributed by atoms with Crippen LogP contribution in [0.3, 0.4) is 0 Å². The second-order valence-electron chi connectivity index (χ2n) is 5.85. The minimum absolute atomic E-state index is 0.0966. The largest absolute Gasteiger partial charge is 0.393 e. The molecular formula is C17H28N2O2. The van der Waals surface area contributed by atoms with E-state index in [1.165, 1.54) is 0 Å². The molecule has 0 aliphatic heterocycles. The fourth-order valence-electron chi connectivity index (χ4n) is 2.33. The van der Waals surface area contributed by atoms with E-state index < -0.39 is 12.1 Å². The lowest BCUT2D eigenvalue weighted by molar-refractivity contribution is -0.123. The normalized spacial score (nSPS) is 16.8. The molecule has 1 amide bonds. The van der Waals surface area contributed by atoms with Gasteiger partial charge in [0, 0.05) is 12.5 Å². The molecular weight excluding hydrogens is 264 g/mol. The standard InChI is InChI=1S/C17H28N2O2/c1-4-12(2)16(18)17(21)19-11-15(10-13(3)20)14-8-6-5-7-9-14/h5-9,12-13,15-16,20H,4,10-11,18H2,1-3H3,(H,19,21). The third-order valence-corrected chi connectivity index (χ3v) is 3.98. The number of nitrogens with two attached hydrogens (primary N) is 1. The summed E-state index contributed by atoms with van der Waals surface area (Å²) in [6.45, 7) is 6.27. The van der Waals surface area contributed by atoms with Crippen LogP contribution in [0.4, 0.5) is 0 Å². The summed E-state index contributed by atoms with van der Waals surface area (Å²) in [5.41, 5.74) is 7.06. The van der Waals surface area contributed by atoms with Crippen LogP contribution in [-0.2, 0) is 4.79 Å². The van der Waals surface area contributed by atoms with Crippen molar-refractivity contribution in [2.24, 2.45) is 11.7 Å². The van der Waals surface area contributed by atoms with Crippen molar-refractivity contribution in [1.82, 2.24) is 5.32 Å². The number of nitrogens with one attached hydrogen (secondary N) is 1. The molecule has 21 heavy (non-hydrogen) atoms. The third kappa shape index (κ3) is 5.86. The van der Waals surface area contributed by atoms with Gasteiger partial charge in [-0.05, 0) is 24.8 Å². The first-order valence-corrected chi connectivity index (χ1v) is 7.72. The van der Waals surface area contributed by atoms with Crippen molar-refractivity contribution in [2.45, 2.75) is 51.7 Å². The van der Waals surface area contributed by atoms with Crippen LogP contribution in [0.2, 0.25) is 0 Å². The van der Waals surface area contributed by atoms with Crippen molar-refractivity contribution >= 4 is 5.91 Å². The molecule has 0 heterocycles. The van der Waals surface area contributed by atoms with Crippen molar-refractivity contribution < 1.29 is 9.90 Å². The maximum Gasteiger partial charge on any atom is 0.237 e. The molecule has 4 N–H and O–H groups in total. The highest BCUT2D eigenvalue weighted by atomic mass is 16.3. The number of hydrogen-bond acceptors (Lipinski definition) is 3. The van der Waals surface area contributed by atoms with Crippen LogP contribution in [0, 0.1) is 5.92 Å². The molecule has 1 aromatic rings. The van der Waals surface area contributed by atoms with Crippen LogP contribution in [0.5, 0.6) is 0 Å². The number of carbonyl (C=O) groups is 1. The van der Waals surface area contributed by atoms with E-state index in [1.54, 1.807) is 6.92 Å². The Kier molecular flexibility index (Phi) is 7.40. The number of amides is 1. The SMILES string of the molecule is CCC(C)C(N)C(=O)NCC(CC(C)O)c1ccccc1. The molecule has 0 radical (unpaired) electrons. The summed E-state index contributed by atoms with van der Waals surface area (Å²) >= 11 is 0. The van der Waals surface area contributed by atoms with E-state index in [9.17, 15) is 9.90 Å². The fourth-order valence-corrected chi connectivity index (χ4v) is 2.33. The molecule has 0 aromatic heterocycles. The number of carbonyl (C=O) groups excluding carboxylic acids is 1. The lowest BCUT2D eigenvalue weighted by atomic mass is 9.93. The van der Waals surface area contributed by atoms with Crippen LogP contribution >= 0.6 is 0 Å². The molecule has 0 fully saturated rings. The minimum Gasteiger partial charge on any atom is -0.393 e. The van der Waals surface area contributed by atoms with Gasteiger partial charge in [0.15, 0.2) is 0 Å². The maximum absolute atomic E-state index is 12.1. The number of aliphatic hydroxyl groups is 1. The van der Waals surface area contributed by atoms with Crippen molar-refractivity contribution in [2.75, 3.05) is 6.54 Å². The molecule has 1 rings (SSSR count). The van der Waals surface area contributed by atoms with Gasteiger partial charge >= 0.3 is 0 Å². The molecule has 0 spiro atoms. The molecule has 0 bridgehead atoms. The number of aliphatic hydroxyl groups excluding tert-OH is 1. The predicted octanol–water partition coefficient (Wildman–Crippen LogP) is 2.03. The summed E-state index contributed by atoms with van der Waals surface area (Å²) in [5, 5.41) is 12.6. The average molecular weight is 292 g/mol. The number of rotatable bonds is 8. The molecule has 4 heteroatoms. The van der Waals surface area contributed by atoms with Gasteiger partial charge in [-0.1, -0.05) is 50.6 Å². The molecule has 0 aliphatic rings. The summed E-state index contributed by atoms with van der Waals surface area (Å²) < 4.78 is 0. The van der Waals surface area contributed by atoms with Gasteiger partial charge < -0.3 is 16.2 Å². The lowest BCUT2D eigenvalue weighted by Gasteiger charge is -2.22. The second kappa shape index (κ2) is 8.80. The Labute approximate surface area is 127 Å². The Morgan fingerprint density at radius 2 is 1.90 bits per heavy atom. The van der Waals surface area contributed by atoms with Crippen molar-refractivity contribution in [3.8, 4) is 0 Å². The monoisotopic (exact) mass is 292 g/mol. The van der Waals surface area contributed by atoms with Crippen LogP contribution in [0.15, 0.2) is 30.3 Å². The van der Waals surface area contributed by atoms with Crippen LogP contribution < -0.4 is 11.1 Å². The van der Waals surface area contributed by atoms with E-state index in [-0.39, 0.29) is 17.7 Å². The first-order chi connectivity index (χ1) is 9.95. The van der Waals surface area contributed by atoms with Gasteiger partial charge in [-0.2, -0.15) is 0 Å². The Bertz CT molecular complexity index is 420. The fraction of sp³-hybridized carbons (Fsp3) is 0.588. The summed E-state index contributed by atoms with van der Waals surface area (Å²) in [6.07, 6.45) is 1.09. The molecule has 4 nitrogen and oxygen atoms in total. The number of hydrogen-bond donors (Lipinski definition) is 3. The second-order valence-corrected chi connectivity index (χ2v) is 5.85. The molecule has 1 aromatic carbocycles. The molecule has 4 atom stereocenters. The first-order valence-electron chi connectivity index (χ1n) is 7.72. The smallest absolute Gasteiger partial charge is 0.237 e. The van der Waals surface area contributed by atoms with Crippen LogP contribution in [-0.4, -0.2) is 29.7 Å². The van der Waals surface area contributed by atoms with E-state index in [0.717, 1.165) is 12.0 Å². The highest BCUT2D eigenvalue weighted by Crippen LogP contribution is 2.20. The third-order valence-electron chi connectivity index (χ3n) is 3.98. The van der Waals surface area contributed by atoms with Gasteiger partial charge in [-0.15, -0.1) is 0 Å². The zero-order valence-electron chi connectivity index (χ0n) is 13.3. The van der Waals surface area contributed by atoms with E-state index in [4.69, 9.17) is 5.73 Å². The zero-order chi connectivity index (χ0) is 15.8. The van der Waals surface area contributed by atoms with Crippen molar-refractivity contribution in [1.29, 1.82) is 0 Å². The minimum atomic E-state index is -0.474. The van der Waals surface area contributed by atoms with Gasteiger partial charge in [0.25, 0.3) is 0 Å². The summed E-state index contributed by atoms with van der Waals surface area (Å²) in [4.78, 5) is 12.1. The summed E-state index contributed by atoms with van der Waals surface area (Å²) in [7, 11) is 0. The highest BCUT2D eigenvalue weighted by molar-refractivity contribution is 5.81. The average Bonchev–Trinajstić information content (AvgIpc) is 2.50. The van der Waals surface area contributed by atoms with Crippen LogP contribution in [0.1, 0.15) is 45.1 Å². The van der Waals surface area contributed by atoms with Gasteiger partial charge in [-0.25, -0.2) is 0 Å². The summed E-state index contributed by atoms with van der Waals surface area (Å²) in [5.74, 6) is 0.145. The van der Waals surface area contributed by atoms with Gasteiger partial charge in [-0.3, -0.25) is 4.79 Å². The maximum atomic E-state index is 12.1. The van der Waals surface area contributed by atoms with Crippen molar-refractivity contribution in [3.05, 3.63) is 35.9 Å². The van der Waals surface area contributed by atoms with Gasteiger partial charge in [0.2, 0.25) is 5.91 Å². The molecule has 118 valence electrons. The molecule has 0 aliphatic carbocycles. The first kappa shape index (κ1) is 17.7. The van der Waals surface area contributed by atoms with E-state index >= 15 is 0 Å². The van der Waals surface area contributed by atoms with E-state index in [2.05, 4.69) is 5.32 Å². The van der Waals surface area contributed by atoms with Gasteiger partial charge in [0.1, 0.15) is 0 Å². The molecule has 0 saturated carbocycles. The Balaban J connectivity index is 2.64. The highest BCUT2D eigenvalue weighted by Gasteiger charge is 2.21. The van der Waals surface area contributed by atoms with Crippen LogP contribution in [0.25, 0.3) is 0 Å². The lowest BCUT2D eigenvalue weighted by Crippen LogP contribution is -2.45. The Morgan fingerprint density at radius 3 is 2.43 bits per heavy atom. The van der Waals surface area contributed by atoms with Crippen molar-refractivity contribution in [3.63, 3.8) is 0 Å². The molecule has 0 saturated heterocycles. The topological polar surface area (TPSA) is 75.4 Å². The zero-order valence-corrected chi connectivity index (χ0v) is 13.3. The van der Waals surface area contributed by atoms with E-state index in [0.29, 0.717) is 13.0 Å². The Morgan fingerprint density at radius 1 is 1.29 bits per heavy atom. The predicted molar refractivity (Wildman–Crippen MR) is 85.9 cm³/mol. The number of benzene rings is 1. The quantitative estimate of drug-likeness (QED) is 0.686. The molecule has 4 unspecified atom stereocenters. The Hall–Kier alpha value is -1.39. The van der Waals surface area contributed by atoms with Gasteiger partial charge in [0.05, 0.1) is 12.1 Å². The summed E-state index contributed by atoms with van der Waals surface area (Å²) in [6, 6.07) is 9.47. The van der Waals surface area contributed by atoms with E-state index in [1.807, 2.05) is 44.2 Å².